The molecule has 0 unspecified atom stereocenters. The first-order valence-corrected chi connectivity index (χ1v) is 13.0. The highest BCUT2D eigenvalue weighted by atomic mass is 32.2. The van der Waals surface area contributed by atoms with Crippen LogP contribution in [0.4, 0.5) is 0 Å². The summed E-state index contributed by atoms with van der Waals surface area (Å²) in [6.07, 6.45) is 0. The topological polar surface area (TPSA) is 54.5 Å². The van der Waals surface area contributed by atoms with Gasteiger partial charge < -0.3 is 0 Å². The van der Waals surface area contributed by atoms with Crippen molar-refractivity contribution in [2.45, 2.75) is 38.4 Å². The molecule has 1 aliphatic heterocycles. The van der Waals surface area contributed by atoms with E-state index in [0.717, 1.165) is 27.5 Å². The second-order valence-electron chi connectivity index (χ2n) is 7.62. The Kier molecular flexibility index (Phi) is 3.98. The third-order valence-corrected chi connectivity index (χ3v) is 8.60. The molecule has 0 spiro atoms. The van der Waals surface area contributed by atoms with E-state index >= 15 is 0 Å². The number of Topliss-reactive ketones (excluding diaryl/α,β-unsaturated/α-hetero) is 1. The predicted octanol–water partition coefficient (Wildman–Crippen LogP) is 3.07. The van der Waals surface area contributed by atoms with Crippen molar-refractivity contribution in [1.29, 1.82) is 0 Å². The van der Waals surface area contributed by atoms with Crippen LogP contribution in [-0.4, -0.2) is 39.7 Å². The van der Waals surface area contributed by atoms with Crippen molar-refractivity contribution in [2.75, 3.05) is 13.1 Å². The van der Waals surface area contributed by atoms with E-state index in [2.05, 4.69) is 19.6 Å². The van der Waals surface area contributed by atoms with Gasteiger partial charge in [-0.25, -0.2) is 8.42 Å². The molecule has 6 heteroatoms. The van der Waals surface area contributed by atoms with Gasteiger partial charge in [0, 0.05) is 18.7 Å². The number of sulfonamides is 1. The summed E-state index contributed by atoms with van der Waals surface area (Å²) in [6, 6.07) is 6.92. The van der Waals surface area contributed by atoms with E-state index < -0.39 is 18.1 Å². The zero-order valence-corrected chi connectivity index (χ0v) is 16.6. The molecule has 1 fully saturated rings. The van der Waals surface area contributed by atoms with Gasteiger partial charge in [0.25, 0.3) is 0 Å². The summed E-state index contributed by atoms with van der Waals surface area (Å²) < 4.78 is 27.4. The van der Waals surface area contributed by atoms with Crippen LogP contribution in [-0.2, 0) is 14.8 Å². The minimum Gasteiger partial charge on any atom is -0.290 e. The summed E-state index contributed by atoms with van der Waals surface area (Å²) in [7, 11) is -5.36. The molecule has 0 aromatic heterocycles. The summed E-state index contributed by atoms with van der Waals surface area (Å²) in [5.74, 6) is 0.131. The number of allylic oxidation sites excluding steroid dienone is 2. The van der Waals surface area contributed by atoms with E-state index in [-0.39, 0.29) is 5.78 Å². The summed E-state index contributed by atoms with van der Waals surface area (Å²) in [5.41, 5.74) is 3.64. The van der Waals surface area contributed by atoms with Gasteiger partial charge in [-0.2, -0.15) is 4.31 Å². The number of hydrogen-bond acceptors (Lipinski definition) is 3. The molecule has 0 atom stereocenters. The summed E-state index contributed by atoms with van der Waals surface area (Å²) in [5, 5.41) is 0.900. The lowest BCUT2D eigenvalue weighted by atomic mass is 10.1. The molecule has 2 aliphatic rings. The fourth-order valence-electron chi connectivity index (χ4n) is 3.46. The highest BCUT2D eigenvalue weighted by molar-refractivity contribution is 7.89. The average Bonchev–Trinajstić information content (AvgIpc) is 2.99. The molecule has 0 amide bonds. The molecule has 0 radical (unpaired) electrons. The maximum atomic E-state index is 12.9. The Morgan fingerprint density at radius 1 is 0.958 bits per heavy atom. The molecular formula is C18H23NO3SSi. The molecule has 1 saturated heterocycles. The first kappa shape index (κ1) is 17.3. The summed E-state index contributed by atoms with van der Waals surface area (Å²) in [6.45, 7) is 10.8. The standard InChI is InChI=1S/C18H23NO3SSi/c1-12-6-8-14(9-7-12)23(21,22)19-10-15-13(2)17(20)18(16(15)11-19)24(3,4)5/h6-9H,10-11H2,1-5H3. The lowest BCUT2D eigenvalue weighted by Gasteiger charge is -2.21. The average molecular weight is 362 g/mol. The number of nitrogens with zero attached hydrogens (tertiary/aromatic N) is 1. The summed E-state index contributed by atoms with van der Waals surface area (Å²) >= 11 is 0. The quantitative estimate of drug-likeness (QED) is 0.778. The Labute approximate surface area is 144 Å². The first-order valence-electron chi connectivity index (χ1n) is 8.09. The van der Waals surface area contributed by atoms with Crippen LogP contribution in [0.3, 0.4) is 0 Å². The van der Waals surface area contributed by atoms with Gasteiger partial charge in [0.1, 0.15) is 0 Å². The second kappa shape index (κ2) is 5.51. The first-order chi connectivity index (χ1) is 11.0. The highest BCUT2D eigenvalue weighted by Crippen LogP contribution is 2.40. The lowest BCUT2D eigenvalue weighted by Crippen LogP contribution is -2.32. The van der Waals surface area contributed by atoms with Gasteiger partial charge in [-0.1, -0.05) is 37.3 Å². The van der Waals surface area contributed by atoms with Crippen molar-refractivity contribution in [3.63, 3.8) is 0 Å². The van der Waals surface area contributed by atoms with Crippen molar-refractivity contribution >= 4 is 23.9 Å². The number of ketones is 1. The van der Waals surface area contributed by atoms with E-state index in [0.29, 0.717) is 18.0 Å². The SMILES string of the molecule is CC1=C2CN(S(=O)(=O)c3ccc(C)cc3)CC2=C([Si](C)(C)C)C1=O. The van der Waals surface area contributed by atoms with Crippen molar-refractivity contribution in [3.8, 4) is 0 Å². The van der Waals surface area contributed by atoms with Gasteiger partial charge in [0.05, 0.1) is 13.0 Å². The number of benzene rings is 1. The molecule has 3 rings (SSSR count). The van der Waals surface area contributed by atoms with Crippen molar-refractivity contribution in [1.82, 2.24) is 4.31 Å². The molecule has 1 aromatic rings. The number of rotatable bonds is 3. The van der Waals surface area contributed by atoms with Gasteiger partial charge in [-0.3, -0.25) is 4.79 Å². The highest BCUT2D eigenvalue weighted by Gasteiger charge is 2.43. The number of hydrogen-bond donors (Lipinski definition) is 0. The van der Waals surface area contributed by atoms with Crippen LogP contribution < -0.4 is 0 Å². The van der Waals surface area contributed by atoms with E-state index in [1.54, 1.807) is 12.1 Å². The van der Waals surface area contributed by atoms with E-state index in [4.69, 9.17) is 0 Å². The molecule has 24 heavy (non-hydrogen) atoms. The molecule has 0 N–H and O–H groups in total. The van der Waals surface area contributed by atoms with Crippen LogP contribution in [0.5, 0.6) is 0 Å². The Bertz CT molecular complexity index is 887. The lowest BCUT2D eigenvalue weighted by molar-refractivity contribution is -0.111. The molecule has 1 aromatic carbocycles. The smallest absolute Gasteiger partial charge is 0.243 e. The number of carbonyl (C=O) groups excluding carboxylic acids is 1. The Balaban J connectivity index is 2.02. The molecule has 1 aliphatic carbocycles. The van der Waals surface area contributed by atoms with E-state index in [9.17, 15) is 13.2 Å². The summed E-state index contributed by atoms with van der Waals surface area (Å²) in [4.78, 5) is 12.9. The number of fused-ring (bicyclic) bond motifs is 1. The third-order valence-electron chi connectivity index (χ3n) is 4.76. The molecule has 0 saturated carbocycles. The maximum Gasteiger partial charge on any atom is 0.243 e. The van der Waals surface area contributed by atoms with Crippen molar-refractivity contribution < 1.29 is 13.2 Å². The fourth-order valence-corrected chi connectivity index (χ4v) is 6.84. The molecule has 0 bridgehead atoms. The zero-order valence-electron chi connectivity index (χ0n) is 14.8. The fraction of sp³-hybridized carbons (Fsp3) is 0.389. The van der Waals surface area contributed by atoms with Crippen LogP contribution in [0, 0.1) is 6.92 Å². The third kappa shape index (κ3) is 2.62. The molecule has 4 nitrogen and oxygen atoms in total. The van der Waals surface area contributed by atoms with Crippen LogP contribution in [0.15, 0.2) is 51.1 Å². The van der Waals surface area contributed by atoms with Crippen LogP contribution in [0.1, 0.15) is 12.5 Å². The Morgan fingerprint density at radius 2 is 1.50 bits per heavy atom. The largest absolute Gasteiger partial charge is 0.290 e. The van der Waals surface area contributed by atoms with E-state index in [1.807, 2.05) is 26.0 Å². The number of aryl methyl sites for hydroxylation is 1. The van der Waals surface area contributed by atoms with Crippen LogP contribution in [0.2, 0.25) is 19.6 Å². The monoisotopic (exact) mass is 361 g/mol. The van der Waals surface area contributed by atoms with Gasteiger partial charge in [-0.15, -0.1) is 0 Å². The van der Waals surface area contributed by atoms with Crippen molar-refractivity contribution in [2.24, 2.45) is 0 Å². The predicted molar refractivity (Wildman–Crippen MR) is 98.0 cm³/mol. The van der Waals surface area contributed by atoms with Gasteiger partial charge in [0.2, 0.25) is 10.0 Å². The molecule has 1 heterocycles. The van der Waals surface area contributed by atoms with Gasteiger partial charge >= 0.3 is 0 Å². The van der Waals surface area contributed by atoms with E-state index in [1.165, 1.54) is 4.31 Å². The zero-order chi connectivity index (χ0) is 17.9. The minimum atomic E-state index is -3.54. The Morgan fingerprint density at radius 3 is 2.04 bits per heavy atom. The number of carbonyl (C=O) groups is 1. The molecular weight excluding hydrogens is 338 g/mol. The van der Waals surface area contributed by atoms with Gasteiger partial charge in [0.15, 0.2) is 5.78 Å². The second-order valence-corrected chi connectivity index (χ2v) is 14.6. The Hall–Kier alpha value is -1.50. The van der Waals surface area contributed by atoms with Gasteiger partial charge in [-0.05, 0) is 42.3 Å². The molecule has 128 valence electrons. The maximum absolute atomic E-state index is 12.9. The minimum absolute atomic E-state index is 0.131. The van der Waals surface area contributed by atoms with Crippen LogP contribution in [0.25, 0.3) is 0 Å². The van der Waals surface area contributed by atoms with Crippen molar-refractivity contribution in [3.05, 3.63) is 51.7 Å². The normalized spacial score (nSPS) is 19.5. The van der Waals surface area contributed by atoms with Crippen LogP contribution >= 0.6 is 0 Å².